The van der Waals surface area contributed by atoms with Gasteiger partial charge < -0.3 is 14.8 Å². The highest BCUT2D eigenvalue weighted by molar-refractivity contribution is 5.97. The van der Waals surface area contributed by atoms with E-state index in [0.29, 0.717) is 0 Å². The molecule has 0 aliphatic heterocycles. The van der Waals surface area contributed by atoms with Crippen LogP contribution in [0.25, 0.3) is 0 Å². The third kappa shape index (κ3) is 4.56. The molecule has 0 saturated heterocycles. The molecule has 0 heterocycles. The zero-order chi connectivity index (χ0) is 19.1. The number of methoxy groups -OCH3 is 2. The molecule has 0 aromatic heterocycles. The highest BCUT2D eigenvalue weighted by atomic mass is 16.6. The summed E-state index contributed by atoms with van der Waals surface area (Å²) in [5.74, 6) is -1.19. The van der Waals surface area contributed by atoms with E-state index >= 15 is 0 Å². The first-order chi connectivity index (χ1) is 12.5. The summed E-state index contributed by atoms with van der Waals surface area (Å²) in [4.78, 5) is 34.9. The minimum absolute atomic E-state index is 0.0412. The zero-order valence-electron chi connectivity index (χ0n) is 14.3. The highest BCUT2D eigenvalue weighted by Gasteiger charge is 2.24. The molecule has 1 amide bonds. The number of rotatable bonds is 7. The summed E-state index contributed by atoms with van der Waals surface area (Å²) in [7, 11) is 2.53. The third-order valence-electron chi connectivity index (χ3n) is 3.71. The second-order valence-corrected chi connectivity index (χ2v) is 5.38. The first-order valence-electron chi connectivity index (χ1n) is 7.71. The molecule has 0 aliphatic carbocycles. The lowest BCUT2D eigenvalue weighted by Gasteiger charge is -2.17. The van der Waals surface area contributed by atoms with E-state index in [4.69, 9.17) is 9.47 Å². The molecule has 26 heavy (non-hydrogen) atoms. The minimum atomic E-state index is -0.920. The summed E-state index contributed by atoms with van der Waals surface area (Å²) >= 11 is 0. The van der Waals surface area contributed by atoms with Crippen LogP contribution in [0.5, 0.6) is 5.75 Å². The number of amides is 1. The number of benzene rings is 2. The average Bonchev–Trinajstić information content (AvgIpc) is 2.66. The number of carbonyl (C=O) groups is 2. The van der Waals surface area contributed by atoms with E-state index in [1.165, 1.54) is 26.4 Å². The number of hydrogen-bond donors (Lipinski definition) is 1. The van der Waals surface area contributed by atoms with E-state index in [9.17, 15) is 19.7 Å². The van der Waals surface area contributed by atoms with Crippen LogP contribution in [0.3, 0.4) is 0 Å². The van der Waals surface area contributed by atoms with Gasteiger partial charge in [-0.25, -0.2) is 4.79 Å². The fourth-order valence-electron chi connectivity index (χ4n) is 2.40. The average molecular weight is 358 g/mol. The monoisotopic (exact) mass is 358 g/mol. The van der Waals surface area contributed by atoms with Crippen molar-refractivity contribution >= 4 is 17.6 Å². The van der Waals surface area contributed by atoms with Gasteiger partial charge in [0.05, 0.1) is 19.1 Å². The van der Waals surface area contributed by atoms with E-state index in [0.717, 1.165) is 11.6 Å². The Morgan fingerprint density at radius 2 is 1.85 bits per heavy atom. The number of nitrogens with zero attached hydrogens (tertiary/aromatic N) is 1. The molecule has 8 nitrogen and oxygen atoms in total. The van der Waals surface area contributed by atoms with Crippen LogP contribution in [0.15, 0.2) is 48.5 Å². The molecule has 8 heteroatoms. The number of hydrogen-bond acceptors (Lipinski definition) is 6. The number of ether oxygens (including phenoxy) is 2. The topological polar surface area (TPSA) is 108 Å². The van der Waals surface area contributed by atoms with Crippen LogP contribution < -0.4 is 10.1 Å². The predicted molar refractivity (Wildman–Crippen MR) is 93.1 cm³/mol. The van der Waals surface area contributed by atoms with Gasteiger partial charge in [-0.2, -0.15) is 0 Å². The largest absolute Gasteiger partial charge is 0.490 e. The Bertz CT molecular complexity index is 807. The normalized spacial score (nSPS) is 11.3. The van der Waals surface area contributed by atoms with Crippen molar-refractivity contribution < 1.29 is 24.0 Å². The predicted octanol–water partition coefficient (Wildman–Crippen LogP) is 2.12. The lowest BCUT2D eigenvalue weighted by Crippen LogP contribution is -2.43. The Kier molecular flexibility index (Phi) is 6.26. The minimum Gasteiger partial charge on any atom is -0.490 e. The van der Waals surface area contributed by atoms with Gasteiger partial charge in [-0.05, 0) is 17.7 Å². The number of carbonyl (C=O) groups excluding carboxylic acids is 2. The molecule has 0 aliphatic rings. The van der Waals surface area contributed by atoms with Crippen molar-refractivity contribution in [2.45, 2.75) is 12.5 Å². The zero-order valence-corrected chi connectivity index (χ0v) is 14.3. The number of esters is 1. The second-order valence-electron chi connectivity index (χ2n) is 5.38. The van der Waals surface area contributed by atoms with Gasteiger partial charge in [0.15, 0.2) is 5.75 Å². The van der Waals surface area contributed by atoms with Crippen LogP contribution in [0.2, 0.25) is 0 Å². The summed E-state index contributed by atoms with van der Waals surface area (Å²) in [5, 5.41) is 13.7. The van der Waals surface area contributed by atoms with Gasteiger partial charge in [0.1, 0.15) is 6.04 Å². The van der Waals surface area contributed by atoms with Gasteiger partial charge in [0.25, 0.3) is 5.91 Å². The smallest absolute Gasteiger partial charge is 0.328 e. The van der Waals surface area contributed by atoms with Crippen molar-refractivity contribution in [1.29, 1.82) is 0 Å². The molecular formula is C18H18N2O6. The van der Waals surface area contributed by atoms with Crippen LogP contribution in [-0.2, 0) is 16.0 Å². The third-order valence-corrected chi connectivity index (χ3v) is 3.71. The maximum Gasteiger partial charge on any atom is 0.328 e. The molecule has 1 unspecified atom stereocenters. The first-order valence-corrected chi connectivity index (χ1v) is 7.71. The molecule has 0 bridgehead atoms. The lowest BCUT2D eigenvalue weighted by molar-refractivity contribution is -0.385. The van der Waals surface area contributed by atoms with Gasteiger partial charge in [0, 0.05) is 18.1 Å². The molecule has 0 fully saturated rings. The Morgan fingerprint density at radius 1 is 1.15 bits per heavy atom. The Morgan fingerprint density at radius 3 is 2.42 bits per heavy atom. The maximum atomic E-state index is 12.5. The quantitative estimate of drug-likeness (QED) is 0.461. The maximum absolute atomic E-state index is 12.5. The van der Waals surface area contributed by atoms with Crippen LogP contribution in [0.4, 0.5) is 5.69 Å². The van der Waals surface area contributed by atoms with E-state index in [1.807, 2.05) is 30.3 Å². The SMILES string of the molecule is COC(=O)C(Cc1ccccc1)NC(=O)c1ccc(OC)c([N+](=O)[O-])c1. The highest BCUT2D eigenvalue weighted by Crippen LogP contribution is 2.27. The van der Waals surface area contributed by atoms with Crippen molar-refractivity contribution in [2.24, 2.45) is 0 Å². The van der Waals surface area contributed by atoms with Crippen molar-refractivity contribution in [3.63, 3.8) is 0 Å². The Labute approximate surface area is 149 Å². The number of nitro benzene ring substituents is 1. The molecule has 1 atom stereocenters. The van der Waals surface area contributed by atoms with Crippen LogP contribution >= 0.6 is 0 Å². The molecule has 2 rings (SSSR count). The van der Waals surface area contributed by atoms with Crippen LogP contribution in [0.1, 0.15) is 15.9 Å². The molecule has 0 radical (unpaired) electrons. The van der Waals surface area contributed by atoms with Crippen LogP contribution in [-0.4, -0.2) is 37.1 Å². The van der Waals surface area contributed by atoms with E-state index in [2.05, 4.69) is 5.32 Å². The van der Waals surface area contributed by atoms with Crippen molar-refractivity contribution in [2.75, 3.05) is 14.2 Å². The standard InChI is InChI=1S/C18H18N2O6/c1-25-16-9-8-13(11-15(16)20(23)24)17(21)19-14(18(22)26-2)10-12-6-4-3-5-7-12/h3-9,11,14H,10H2,1-2H3,(H,19,21). The molecule has 2 aromatic carbocycles. The van der Waals surface area contributed by atoms with Crippen molar-refractivity contribution in [1.82, 2.24) is 5.32 Å². The number of nitrogens with one attached hydrogen (secondary N) is 1. The Hall–Kier alpha value is -3.42. The summed E-state index contributed by atoms with van der Waals surface area (Å²) in [6.45, 7) is 0. The molecule has 1 N–H and O–H groups in total. The van der Waals surface area contributed by atoms with Gasteiger partial charge in [0.2, 0.25) is 0 Å². The summed E-state index contributed by atoms with van der Waals surface area (Å²) in [6, 6.07) is 12.0. The van der Waals surface area contributed by atoms with Gasteiger partial charge >= 0.3 is 11.7 Å². The van der Waals surface area contributed by atoms with Crippen LogP contribution in [0, 0.1) is 10.1 Å². The second kappa shape index (κ2) is 8.61. The summed E-state index contributed by atoms with van der Waals surface area (Å²) in [5.41, 5.74) is 0.543. The first kappa shape index (κ1) is 18.9. The number of nitro groups is 1. The Balaban J connectivity index is 2.22. The summed E-state index contributed by atoms with van der Waals surface area (Å²) < 4.78 is 9.65. The van der Waals surface area contributed by atoms with E-state index in [-0.39, 0.29) is 23.4 Å². The molecule has 2 aromatic rings. The van der Waals surface area contributed by atoms with E-state index in [1.54, 1.807) is 0 Å². The summed E-state index contributed by atoms with van der Waals surface area (Å²) in [6.07, 6.45) is 0.234. The van der Waals surface area contributed by atoms with Gasteiger partial charge in [-0.3, -0.25) is 14.9 Å². The fraction of sp³-hybridized carbons (Fsp3) is 0.222. The molecule has 0 saturated carbocycles. The van der Waals surface area contributed by atoms with Crippen molar-refractivity contribution in [3.05, 3.63) is 69.8 Å². The fourth-order valence-corrected chi connectivity index (χ4v) is 2.40. The van der Waals surface area contributed by atoms with Gasteiger partial charge in [-0.1, -0.05) is 30.3 Å². The lowest BCUT2D eigenvalue weighted by atomic mass is 10.1. The molecule has 0 spiro atoms. The molecule has 136 valence electrons. The van der Waals surface area contributed by atoms with E-state index < -0.39 is 22.8 Å². The van der Waals surface area contributed by atoms with Gasteiger partial charge in [-0.15, -0.1) is 0 Å². The molecular weight excluding hydrogens is 340 g/mol. The van der Waals surface area contributed by atoms with Crippen molar-refractivity contribution in [3.8, 4) is 5.75 Å².